The molecule has 14 heteroatoms. The molecule has 320 valence electrons. The molecule has 1 atom stereocenters. The highest BCUT2D eigenvalue weighted by Crippen LogP contribution is 2.56. The number of aryl methyl sites for hydroxylation is 1. The summed E-state index contributed by atoms with van der Waals surface area (Å²) in [6, 6.07) is 30.9. The van der Waals surface area contributed by atoms with Crippen LogP contribution in [0.5, 0.6) is 17.2 Å². The molecule has 0 heterocycles. The molecule has 0 N–H and O–H groups in total. The van der Waals surface area contributed by atoms with E-state index in [1.54, 1.807) is 50.2 Å². The molecule has 0 amide bonds. The van der Waals surface area contributed by atoms with Crippen LogP contribution in [-0.2, 0) is 30.7 Å². The third-order valence-electron chi connectivity index (χ3n) is 10.8. The number of alkyl halides is 6. The lowest BCUT2D eigenvalue weighted by Gasteiger charge is -2.38. The van der Waals surface area contributed by atoms with Crippen molar-refractivity contribution < 1.29 is 52.7 Å². The van der Waals surface area contributed by atoms with Gasteiger partial charge in [-0.25, -0.2) is 16.8 Å². The quantitative estimate of drug-likeness (QED) is 0.107. The van der Waals surface area contributed by atoms with Crippen molar-refractivity contribution in [3.05, 3.63) is 173 Å². The van der Waals surface area contributed by atoms with Crippen molar-refractivity contribution >= 4 is 19.7 Å². The molecule has 0 spiro atoms. The van der Waals surface area contributed by atoms with E-state index < -0.39 is 54.2 Å². The molecular formula is C47H42F6O6S2. The molecule has 0 bridgehead atoms. The summed E-state index contributed by atoms with van der Waals surface area (Å²) in [7, 11) is -7.72. The number of benzene rings is 6. The molecule has 0 saturated carbocycles. The summed E-state index contributed by atoms with van der Waals surface area (Å²) in [5.41, 5.74) is -5.44. The zero-order chi connectivity index (χ0) is 44.6. The fraction of sp³-hybridized carbons (Fsp3) is 0.234. The molecule has 6 aromatic carbocycles. The van der Waals surface area contributed by atoms with Gasteiger partial charge in [-0.2, -0.15) is 26.3 Å². The Balaban J connectivity index is 1.23. The number of hydrogen-bond acceptors (Lipinski definition) is 6. The average molecular weight is 881 g/mol. The third kappa shape index (κ3) is 8.78. The molecule has 6 aromatic rings. The Labute approximate surface area is 351 Å². The van der Waals surface area contributed by atoms with Gasteiger partial charge in [-0.3, -0.25) is 0 Å². The fourth-order valence-electron chi connectivity index (χ4n) is 6.95. The number of rotatable bonds is 13. The van der Waals surface area contributed by atoms with Crippen molar-refractivity contribution in [3.8, 4) is 17.2 Å². The van der Waals surface area contributed by atoms with Gasteiger partial charge in [-0.1, -0.05) is 87.0 Å². The normalized spacial score (nSPS) is 13.8. The van der Waals surface area contributed by atoms with Crippen LogP contribution in [0.25, 0.3) is 0 Å². The molecule has 0 fully saturated rings. The molecule has 61 heavy (non-hydrogen) atoms. The summed E-state index contributed by atoms with van der Waals surface area (Å²) in [6.07, 6.45) is -11.4. The highest BCUT2D eigenvalue weighted by molar-refractivity contribution is 7.91. The first-order valence-corrected chi connectivity index (χ1v) is 22.1. The van der Waals surface area contributed by atoms with Crippen LogP contribution >= 0.6 is 0 Å². The van der Waals surface area contributed by atoms with E-state index in [4.69, 9.17) is 9.47 Å². The predicted octanol–water partition coefficient (Wildman–Crippen LogP) is 12.7. The third-order valence-corrected chi connectivity index (χ3v) is 14.3. The second-order valence-electron chi connectivity index (χ2n) is 15.1. The zero-order valence-corrected chi connectivity index (χ0v) is 35.3. The van der Waals surface area contributed by atoms with E-state index in [9.17, 15) is 16.8 Å². The number of halogens is 6. The van der Waals surface area contributed by atoms with Crippen molar-refractivity contribution in [1.82, 2.24) is 0 Å². The topological polar surface area (TPSA) is 86.7 Å². The van der Waals surface area contributed by atoms with E-state index in [-0.39, 0.29) is 42.7 Å². The maximum atomic E-state index is 15.0. The fourth-order valence-corrected chi connectivity index (χ4v) is 9.48. The Bertz CT molecular complexity index is 2660. The molecule has 1 unspecified atom stereocenters. The van der Waals surface area contributed by atoms with Gasteiger partial charge in [-0.15, -0.1) is 0 Å². The maximum absolute atomic E-state index is 15.0. The van der Waals surface area contributed by atoms with Gasteiger partial charge in [0.05, 0.1) is 19.6 Å². The van der Waals surface area contributed by atoms with Crippen LogP contribution in [0.4, 0.5) is 26.3 Å². The average Bonchev–Trinajstić information content (AvgIpc) is 3.21. The summed E-state index contributed by atoms with van der Waals surface area (Å²) in [4.78, 5) is 0.186. The van der Waals surface area contributed by atoms with Gasteiger partial charge in [0, 0.05) is 0 Å². The van der Waals surface area contributed by atoms with Crippen LogP contribution in [-0.4, -0.2) is 29.2 Å². The van der Waals surface area contributed by atoms with E-state index in [2.05, 4.69) is 0 Å². The molecule has 0 aromatic heterocycles. The summed E-state index contributed by atoms with van der Waals surface area (Å²) in [5, 5.41) is 0. The first kappa shape index (κ1) is 44.9. The van der Waals surface area contributed by atoms with E-state index in [0.717, 1.165) is 47.5 Å². The minimum atomic E-state index is -5.86. The molecule has 0 radical (unpaired) electrons. The Morgan fingerprint density at radius 2 is 0.820 bits per heavy atom. The first-order valence-electron chi connectivity index (χ1n) is 19.1. The van der Waals surface area contributed by atoms with E-state index in [1.165, 1.54) is 60.7 Å². The monoisotopic (exact) mass is 880 g/mol. The van der Waals surface area contributed by atoms with Crippen LogP contribution in [0, 0.1) is 6.92 Å². The van der Waals surface area contributed by atoms with Crippen LogP contribution < -0.4 is 9.47 Å². The van der Waals surface area contributed by atoms with Crippen molar-refractivity contribution in [2.45, 2.75) is 89.9 Å². The molecule has 0 aliphatic heterocycles. The van der Waals surface area contributed by atoms with E-state index in [1.807, 2.05) is 20.8 Å². The largest absolute Gasteiger partial charge is 0.483 e. The maximum Gasteiger partial charge on any atom is 0.411 e. The van der Waals surface area contributed by atoms with E-state index >= 15 is 26.3 Å². The molecule has 6 nitrogen and oxygen atoms in total. The predicted molar refractivity (Wildman–Crippen MR) is 220 cm³/mol. The summed E-state index contributed by atoms with van der Waals surface area (Å²) in [6.45, 7) is 9.23. The van der Waals surface area contributed by atoms with Gasteiger partial charge < -0.3 is 9.47 Å². The van der Waals surface area contributed by atoms with Crippen LogP contribution in [0.1, 0.15) is 67.9 Å². The molecule has 0 aliphatic carbocycles. The number of sulfone groups is 2. The van der Waals surface area contributed by atoms with Gasteiger partial charge in [0.15, 0.2) is 0 Å². The Kier molecular flexibility index (Phi) is 12.3. The molecule has 0 aliphatic rings. The lowest BCUT2D eigenvalue weighted by atomic mass is 9.73. The van der Waals surface area contributed by atoms with E-state index in [0.29, 0.717) is 24.1 Å². The molecule has 6 rings (SSSR count). The van der Waals surface area contributed by atoms with Crippen LogP contribution in [0.3, 0.4) is 0 Å². The molecule has 0 saturated heterocycles. The SMILES string of the molecule is CCC(C)(Oc1ccc(C(c2ccc(Oc3ccc(S(=O)(=O)c4ccc(C(C)C)cc4)cc3)cc2)(C(F)(F)F)C(F)(F)F)cc1)c1ccc(S(=O)(=O)c2ccc(C)cc2)cc1. The second kappa shape index (κ2) is 16.7. The highest BCUT2D eigenvalue weighted by atomic mass is 32.2. The highest BCUT2D eigenvalue weighted by Gasteiger charge is 2.72. The molecular weight excluding hydrogens is 839 g/mol. The number of ether oxygens (including phenoxy) is 2. The zero-order valence-electron chi connectivity index (χ0n) is 33.7. The van der Waals surface area contributed by atoms with Gasteiger partial charge in [0.2, 0.25) is 25.1 Å². The van der Waals surface area contributed by atoms with Crippen molar-refractivity contribution in [3.63, 3.8) is 0 Å². The summed E-state index contributed by atoms with van der Waals surface area (Å²) in [5.74, 6) is 0.188. The Morgan fingerprint density at radius 3 is 1.20 bits per heavy atom. The number of hydrogen-bond donors (Lipinski definition) is 0. The van der Waals surface area contributed by atoms with Crippen LogP contribution in [0.15, 0.2) is 165 Å². The van der Waals surface area contributed by atoms with Gasteiger partial charge >= 0.3 is 12.4 Å². The Hall–Kier alpha value is -5.60. The Morgan fingerprint density at radius 1 is 0.492 bits per heavy atom. The van der Waals surface area contributed by atoms with Crippen molar-refractivity contribution in [1.29, 1.82) is 0 Å². The first-order chi connectivity index (χ1) is 28.5. The van der Waals surface area contributed by atoms with Gasteiger partial charge in [0.1, 0.15) is 22.8 Å². The van der Waals surface area contributed by atoms with Crippen molar-refractivity contribution in [2.75, 3.05) is 0 Å². The minimum Gasteiger partial charge on any atom is -0.483 e. The lowest BCUT2D eigenvalue weighted by Crippen LogP contribution is -2.54. The second-order valence-corrected chi connectivity index (χ2v) is 19.0. The van der Waals surface area contributed by atoms with Gasteiger partial charge in [0.25, 0.3) is 0 Å². The standard InChI is InChI=1S/C47H42F6O6S2/c1-6-44(5,34-15-27-42(28-16-34)60(54,55)40-23-7-32(4)8-24-40)59-39-19-13-36(14-20-39)45(46(48,49)50,47(51,52)53)35-11-17-37(18-12-35)58-38-21-29-43(30-22-38)61(56,57)41-25-9-33(10-26-41)31(2)3/h7-31H,6H2,1-5H3. The van der Waals surface area contributed by atoms with Gasteiger partial charge in [-0.05, 0) is 133 Å². The smallest absolute Gasteiger partial charge is 0.411 e. The van der Waals surface area contributed by atoms with Crippen LogP contribution in [0.2, 0.25) is 0 Å². The van der Waals surface area contributed by atoms with Crippen molar-refractivity contribution in [2.24, 2.45) is 0 Å². The minimum absolute atomic E-state index is 0.0192. The lowest BCUT2D eigenvalue weighted by molar-refractivity contribution is -0.288. The summed E-state index contributed by atoms with van der Waals surface area (Å²) < 4.78 is 155. The summed E-state index contributed by atoms with van der Waals surface area (Å²) >= 11 is 0.